The van der Waals surface area contributed by atoms with Crippen LogP contribution in [0, 0.1) is 0 Å². The van der Waals surface area contributed by atoms with Crippen LogP contribution in [0.15, 0.2) is 47.8 Å². The summed E-state index contributed by atoms with van der Waals surface area (Å²) in [6, 6.07) is 13.8. The average molecular weight is 330 g/mol. The first-order valence-corrected chi connectivity index (χ1v) is 8.85. The molecule has 1 saturated heterocycles. The number of nitrogens with zero attached hydrogens (tertiary/aromatic N) is 1. The van der Waals surface area contributed by atoms with Crippen molar-refractivity contribution in [2.24, 2.45) is 0 Å². The lowest BCUT2D eigenvalue weighted by Gasteiger charge is -2.37. The van der Waals surface area contributed by atoms with Gasteiger partial charge in [0.1, 0.15) is 0 Å². The molecule has 0 unspecified atom stereocenters. The number of thiophene rings is 1. The lowest BCUT2D eigenvalue weighted by Crippen LogP contribution is -2.48. The van der Waals surface area contributed by atoms with Gasteiger partial charge in [0.25, 0.3) is 5.91 Å². The molecule has 2 atom stereocenters. The number of nitrogens with one attached hydrogen (secondary N) is 1. The van der Waals surface area contributed by atoms with Crippen LogP contribution >= 0.6 is 11.3 Å². The van der Waals surface area contributed by atoms with Crippen LogP contribution in [0.1, 0.15) is 28.2 Å². The highest BCUT2D eigenvalue weighted by atomic mass is 32.1. The Hall–Kier alpha value is -1.69. The van der Waals surface area contributed by atoms with E-state index < -0.39 is 0 Å². The molecule has 1 aromatic heterocycles. The zero-order valence-electron chi connectivity index (χ0n) is 13.3. The van der Waals surface area contributed by atoms with Gasteiger partial charge in [-0.1, -0.05) is 24.3 Å². The molecule has 23 heavy (non-hydrogen) atoms. The first-order valence-electron chi connectivity index (χ1n) is 7.97. The second-order valence-corrected chi connectivity index (χ2v) is 6.72. The maximum absolute atomic E-state index is 12.5. The van der Waals surface area contributed by atoms with Gasteiger partial charge in [0, 0.05) is 29.6 Å². The summed E-state index contributed by atoms with van der Waals surface area (Å²) in [5.74, 6) is -0.0204. The topological polar surface area (TPSA) is 41.6 Å². The van der Waals surface area contributed by atoms with Crippen LogP contribution in [0.5, 0.6) is 0 Å². The van der Waals surface area contributed by atoms with Crippen molar-refractivity contribution in [1.82, 2.24) is 10.2 Å². The molecular weight excluding hydrogens is 308 g/mol. The van der Waals surface area contributed by atoms with Gasteiger partial charge in [-0.2, -0.15) is 0 Å². The number of carbonyl (C=O) groups excluding carboxylic acids is 1. The second kappa shape index (κ2) is 7.73. The van der Waals surface area contributed by atoms with E-state index in [0.29, 0.717) is 5.56 Å². The molecule has 1 amide bonds. The Balaban J connectivity index is 1.75. The van der Waals surface area contributed by atoms with Gasteiger partial charge in [0.15, 0.2) is 0 Å². The molecule has 1 aliphatic rings. The van der Waals surface area contributed by atoms with E-state index in [2.05, 4.69) is 34.7 Å². The van der Waals surface area contributed by atoms with Crippen molar-refractivity contribution in [3.8, 4) is 0 Å². The molecular formula is C18H22N2O2S. The lowest BCUT2D eigenvalue weighted by molar-refractivity contribution is 0.00969. The van der Waals surface area contributed by atoms with Gasteiger partial charge < -0.3 is 10.1 Å². The van der Waals surface area contributed by atoms with Crippen molar-refractivity contribution < 1.29 is 9.53 Å². The van der Waals surface area contributed by atoms with E-state index in [9.17, 15) is 4.79 Å². The summed E-state index contributed by atoms with van der Waals surface area (Å²) in [5, 5.41) is 5.26. The largest absolute Gasteiger partial charge is 0.379 e. The van der Waals surface area contributed by atoms with E-state index >= 15 is 0 Å². The van der Waals surface area contributed by atoms with Gasteiger partial charge in [0.2, 0.25) is 0 Å². The Labute approximate surface area is 141 Å². The predicted molar refractivity (Wildman–Crippen MR) is 92.8 cm³/mol. The molecule has 0 radical (unpaired) electrons. The van der Waals surface area contributed by atoms with E-state index in [1.807, 2.05) is 30.3 Å². The number of morpholine rings is 1. The predicted octanol–water partition coefficient (Wildman–Crippen LogP) is 2.94. The maximum Gasteiger partial charge on any atom is 0.251 e. The highest BCUT2D eigenvalue weighted by molar-refractivity contribution is 7.10. The third kappa shape index (κ3) is 3.99. The monoisotopic (exact) mass is 330 g/mol. The second-order valence-electron chi connectivity index (χ2n) is 5.74. The van der Waals surface area contributed by atoms with Crippen molar-refractivity contribution in [2.45, 2.75) is 19.0 Å². The van der Waals surface area contributed by atoms with Gasteiger partial charge in [0.05, 0.1) is 19.3 Å². The Morgan fingerprint density at radius 3 is 2.57 bits per heavy atom. The zero-order valence-corrected chi connectivity index (χ0v) is 14.1. The molecule has 1 N–H and O–H groups in total. The number of ether oxygens (including phenoxy) is 1. The van der Waals surface area contributed by atoms with Crippen molar-refractivity contribution in [2.75, 3.05) is 26.3 Å². The van der Waals surface area contributed by atoms with Crippen LogP contribution in [0.2, 0.25) is 0 Å². The third-order valence-electron chi connectivity index (χ3n) is 4.14. The number of benzene rings is 1. The van der Waals surface area contributed by atoms with Gasteiger partial charge in [-0.25, -0.2) is 0 Å². The fourth-order valence-corrected chi connectivity index (χ4v) is 3.98. The number of hydrogen-bond donors (Lipinski definition) is 1. The van der Waals surface area contributed by atoms with Crippen LogP contribution in [0.3, 0.4) is 0 Å². The van der Waals surface area contributed by atoms with Gasteiger partial charge >= 0.3 is 0 Å². The Morgan fingerprint density at radius 2 is 1.91 bits per heavy atom. The van der Waals surface area contributed by atoms with Crippen molar-refractivity contribution >= 4 is 17.2 Å². The third-order valence-corrected chi connectivity index (χ3v) is 5.09. The number of rotatable bonds is 5. The molecule has 2 heterocycles. The van der Waals surface area contributed by atoms with Crippen LogP contribution in [-0.2, 0) is 4.74 Å². The average Bonchev–Trinajstić information content (AvgIpc) is 3.11. The fraction of sp³-hybridized carbons (Fsp3) is 0.389. The smallest absolute Gasteiger partial charge is 0.251 e. The summed E-state index contributed by atoms with van der Waals surface area (Å²) >= 11 is 1.74. The van der Waals surface area contributed by atoms with E-state index in [4.69, 9.17) is 4.74 Å². The minimum atomic E-state index is -0.0204. The molecule has 0 aliphatic carbocycles. The fourth-order valence-electron chi connectivity index (χ4n) is 3.02. The minimum absolute atomic E-state index is 0.0204. The molecule has 122 valence electrons. The van der Waals surface area contributed by atoms with Crippen LogP contribution in [0.25, 0.3) is 0 Å². The lowest BCUT2D eigenvalue weighted by atomic mass is 10.0. The highest BCUT2D eigenvalue weighted by Gasteiger charge is 2.29. The Bertz CT molecular complexity index is 609. The molecule has 0 spiro atoms. The number of carbonyl (C=O) groups is 1. The van der Waals surface area contributed by atoms with Crippen LogP contribution in [0.4, 0.5) is 0 Å². The van der Waals surface area contributed by atoms with Gasteiger partial charge in [-0.3, -0.25) is 9.69 Å². The quantitative estimate of drug-likeness (QED) is 0.916. The van der Waals surface area contributed by atoms with Crippen molar-refractivity contribution in [1.29, 1.82) is 0 Å². The molecule has 5 heteroatoms. The molecule has 1 aromatic carbocycles. The zero-order chi connectivity index (χ0) is 16.1. The Kier molecular flexibility index (Phi) is 5.43. The van der Waals surface area contributed by atoms with E-state index in [-0.39, 0.29) is 18.0 Å². The summed E-state index contributed by atoms with van der Waals surface area (Å²) < 4.78 is 5.47. The van der Waals surface area contributed by atoms with Gasteiger partial charge in [-0.15, -0.1) is 11.3 Å². The normalized spacial score (nSPS) is 18.3. The summed E-state index contributed by atoms with van der Waals surface area (Å²) in [7, 11) is 0. The molecule has 2 aromatic rings. The SMILES string of the molecule is C[C@H](NC(=O)c1ccccc1)[C@H](c1cccs1)N1CCOCC1. The highest BCUT2D eigenvalue weighted by Crippen LogP contribution is 2.29. The number of amides is 1. The van der Waals surface area contributed by atoms with Crippen molar-refractivity contribution in [3.63, 3.8) is 0 Å². The molecule has 3 rings (SSSR count). The first kappa shape index (κ1) is 16.2. The van der Waals surface area contributed by atoms with E-state index in [1.165, 1.54) is 4.88 Å². The first-order chi connectivity index (χ1) is 11.3. The number of hydrogen-bond acceptors (Lipinski definition) is 4. The molecule has 4 nitrogen and oxygen atoms in total. The Morgan fingerprint density at radius 1 is 1.17 bits per heavy atom. The minimum Gasteiger partial charge on any atom is -0.379 e. The maximum atomic E-state index is 12.5. The summed E-state index contributed by atoms with van der Waals surface area (Å²) in [5.41, 5.74) is 0.700. The van der Waals surface area contributed by atoms with Crippen LogP contribution in [-0.4, -0.2) is 43.2 Å². The van der Waals surface area contributed by atoms with Crippen molar-refractivity contribution in [3.05, 3.63) is 58.3 Å². The van der Waals surface area contributed by atoms with Gasteiger partial charge in [-0.05, 0) is 30.5 Å². The standard InChI is InChI=1S/C18H22N2O2S/c1-14(19-18(21)15-6-3-2-4-7-15)17(16-8-5-13-23-16)20-9-11-22-12-10-20/h2-8,13-14,17H,9-12H2,1H3,(H,19,21)/t14-,17+/m0/s1. The summed E-state index contributed by atoms with van der Waals surface area (Å²) in [6.07, 6.45) is 0. The van der Waals surface area contributed by atoms with Crippen LogP contribution < -0.4 is 5.32 Å². The molecule has 0 saturated carbocycles. The molecule has 0 bridgehead atoms. The molecule has 1 fully saturated rings. The van der Waals surface area contributed by atoms with E-state index in [1.54, 1.807) is 11.3 Å². The summed E-state index contributed by atoms with van der Waals surface area (Å²) in [6.45, 7) is 5.38. The summed E-state index contributed by atoms with van der Waals surface area (Å²) in [4.78, 5) is 16.2. The molecule has 1 aliphatic heterocycles. The van der Waals surface area contributed by atoms with E-state index in [0.717, 1.165) is 26.3 Å².